The molecule has 0 aromatic carbocycles. The first-order chi connectivity index (χ1) is 22.8. The molecule has 0 radical (unpaired) electrons. The van der Waals surface area contributed by atoms with E-state index in [1.54, 1.807) is 4.72 Å². The lowest BCUT2D eigenvalue weighted by Gasteiger charge is -2.27. The molecule has 5 rings (SSSR count). The number of amides is 2. The minimum absolute atomic E-state index is 0. The van der Waals surface area contributed by atoms with Crippen LogP contribution in [0.25, 0.3) is 0 Å². The largest absolute Gasteiger partial charge is 0.328 e. The fourth-order valence-corrected chi connectivity index (χ4v) is 8.15. The lowest BCUT2D eigenvalue weighted by atomic mass is 9.78. The minimum Gasteiger partial charge on any atom is -0.328 e. The molecule has 1 aliphatic rings. The van der Waals surface area contributed by atoms with Gasteiger partial charge in [0.1, 0.15) is 15.5 Å². The van der Waals surface area contributed by atoms with Gasteiger partial charge in [0.05, 0.1) is 16.8 Å². The molecule has 1 saturated carbocycles. The van der Waals surface area contributed by atoms with Gasteiger partial charge in [-0.1, -0.05) is 55.6 Å². The Kier molecular flexibility index (Phi) is 11.4. The molecule has 14 nitrogen and oxygen atoms in total. The van der Waals surface area contributed by atoms with Crippen molar-refractivity contribution >= 4 is 66.7 Å². The number of pyridine rings is 4. The molecule has 4 heterocycles. The summed E-state index contributed by atoms with van der Waals surface area (Å²) >= 11 is 17.4. The molecule has 2 amide bonds. The molecule has 0 aliphatic heterocycles. The van der Waals surface area contributed by atoms with Crippen LogP contribution in [-0.2, 0) is 20.0 Å². The van der Waals surface area contributed by atoms with Crippen LogP contribution in [0.2, 0.25) is 15.5 Å². The summed E-state index contributed by atoms with van der Waals surface area (Å²) in [5.74, 6) is -1.45. The third-order valence-electron chi connectivity index (χ3n) is 7.58. The molecule has 4 aromatic rings. The van der Waals surface area contributed by atoms with Crippen LogP contribution in [0, 0.1) is 11.3 Å². The minimum atomic E-state index is -4.33. The molecule has 0 saturated heterocycles. The van der Waals surface area contributed by atoms with E-state index in [1.807, 2.05) is 4.72 Å². The maximum Gasteiger partial charge on any atom is 0.269 e. The Morgan fingerprint density at radius 2 is 1.27 bits per heavy atom. The predicted octanol–water partition coefficient (Wildman–Crippen LogP) is 5.26. The molecule has 2 atom stereocenters. The van der Waals surface area contributed by atoms with E-state index < -0.39 is 52.8 Å². The van der Waals surface area contributed by atoms with Crippen LogP contribution >= 0.6 is 34.8 Å². The number of nitrogens with one attached hydrogen (secondary N) is 4. The van der Waals surface area contributed by atoms with E-state index in [9.17, 15) is 36.0 Å². The van der Waals surface area contributed by atoms with Gasteiger partial charge >= 0.3 is 0 Å². The average Bonchev–Trinajstić information content (AvgIpc) is 3.28. The van der Waals surface area contributed by atoms with Crippen molar-refractivity contribution in [2.45, 2.75) is 49.3 Å². The fraction of sp³-hybridized carbons (Fsp3) is 0.267. The number of halogens is 3. The van der Waals surface area contributed by atoms with Crippen molar-refractivity contribution in [3.05, 3.63) is 114 Å². The number of hydrogen-bond acceptors (Lipinski definition) is 10. The molecule has 0 bridgehead atoms. The average molecular weight is 780 g/mol. The number of carbonyl (C=O) groups is 2. The first-order valence-corrected chi connectivity index (χ1v) is 18.4. The number of H-pyrrole nitrogens is 2. The van der Waals surface area contributed by atoms with E-state index in [0.29, 0.717) is 11.6 Å². The fourth-order valence-electron chi connectivity index (χ4n) is 5.52. The summed E-state index contributed by atoms with van der Waals surface area (Å²) in [5.41, 5.74) is -1.32. The highest BCUT2D eigenvalue weighted by atomic mass is 35.5. The number of hydrogen-bond donors (Lipinski definition) is 4. The van der Waals surface area contributed by atoms with Crippen molar-refractivity contribution < 1.29 is 32.1 Å². The second kappa shape index (κ2) is 14.8. The lowest BCUT2D eigenvalue weighted by molar-refractivity contribution is 0.0970. The smallest absolute Gasteiger partial charge is 0.269 e. The van der Waals surface area contributed by atoms with Crippen LogP contribution in [0.4, 0.5) is 0 Å². The van der Waals surface area contributed by atoms with Gasteiger partial charge in [-0.05, 0) is 72.7 Å². The highest BCUT2D eigenvalue weighted by Gasteiger charge is 2.42. The van der Waals surface area contributed by atoms with Gasteiger partial charge in [-0.3, -0.25) is 19.2 Å². The van der Waals surface area contributed by atoms with Crippen LogP contribution < -0.4 is 20.6 Å². The Balaban J connectivity index is 0.000000981. The predicted molar refractivity (Wildman–Crippen MR) is 190 cm³/mol. The maximum atomic E-state index is 12.8. The summed E-state index contributed by atoms with van der Waals surface area (Å²) < 4.78 is 52.7. The Bertz CT molecular complexity index is 2280. The Morgan fingerprint density at radius 3 is 1.71 bits per heavy atom. The van der Waals surface area contributed by atoms with Crippen molar-refractivity contribution in [1.82, 2.24) is 29.4 Å². The van der Waals surface area contributed by atoms with Crippen LogP contribution in [0.15, 0.2) is 80.3 Å². The van der Waals surface area contributed by atoms with Gasteiger partial charge < -0.3 is 9.97 Å². The third kappa shape index (κ3) is 8.93. The molecule has 4 N–H and O–H groups in total. The van der Waals surface area contributed by atoms with Crippen molar-refractivity contribution in [3.8, 4) is 0 Å². The van der Waals surface area contributed by atoms with Gasteiger partial charge in [0, 0.05) is 24.0 Å². The zero-order chi connectivity index (χ0) is 36.3. The number of aromatic amines is 2. The second-order valence-corrected chi connectivity index (χ2v) is 16.2. The van der Waals surface area contributed by atoms with Gasteiger partial charge in [-0.25, -0.2) is 36.2 Å². The van der Waals surface area contributed by atoms with Gasteiger partial charge in [-0.2, -0.15) is 0 Å². The summed E-state index contributed by atoms with van der Waals surface area (Å²) in [6.45, 7) is 6.34. The van der Waals surface area contributed by atoms with E-state index in [2.05, 4.69) is 40.7 Å². The monoisotopic (exact) mass is 778 g/mol. The van der Waals surface area contributed by atoms with E-state index in [-0.39, 0.29) is 43.6 Å². The van der Waals surface area contributed by atoms with Gasteiger partial charge in [0.25, 0.3) is 43.0 Å². The van der Waals surface area contributed by atoms with Crippen molar-refractivity contribution in [2.75, 3.05) is 0 Å². The molecule has 1 unspecified atom stereocenters. The van der Waals surface area contributed by atoms with E-state index in [1.165, 1.54) is 48.8 Å². The summed E-state index contributed by atoms with van der Waals surface area (Å²) in [7, 11) is -8.66. The maximum absolute atomic E-state index is 12.8. The van der Waals surface area contributed by atoms with E-state index >= 15 is 0 Å². The molecule has 1 aliphatic carbocycles. The number of nitrogens with zero attached hydrogens (tertiary/aromatic N) is 2. The van der Waals surface area contributed by atoms with Crippen molar-refractivity contribution in [3.63, 3.8) is 0 Å². The summed E-state index contributed by atoms with van der Waals surface area (Å²) in [4.78, 5) is 59.4. The zero-order valence-corrected chi connectivity index (χ0v) is 29.9. The van der Waals surface area contributed by atoms with Gasteiger partial charge in [-0.15, -0.1) is 0 Å². The van der Waals surface area contributed by atoms with Crippen LogP contribution in [0.5, 0.6) is 0 Å². The highest BCUT2D eigenvalue weighted by Crippen LogP contribution is 2.51. The third-order valence-corrected chi connectivity index (χ3v) is 11.0. The normalized spacial score (nSPS) is 17.0. The number of rotatable bonds is 7. The SMILES string of the molecule is C[C@@H]1CC(c2nc(Cl)ccc2C(=O)NS(=O)(=O)c2ccc[nH]c2=O)C(C)(C)C1.O=C(NS(=O)(=O)c1ccc[nH]c1=O)c1ccc(Cl)nc1Cl.[HH].[HH].[HH].[HH]. The Labute approximate surface area is 301 Å². The van der Waals surface area contributed by atoms with Crippen LogP contribution in [0.1, 0.15) is 71.6 Å². The van der Waals surface area contributed by atoms with Crippen molar-refractivity contribution in [1.29, 1.82) is 0 Å². The quantitative estimate of drug-likeness (QED) is 0.178. The van der Waals surface area contributed by atoms with Crippen LogP contribution in [0.3, 0.4) is 0 Å². The molecule has 1 fully saturated rings. The summed E-state index contributed by atoms with van der Waals surface area (Å²) in [6, 6.07) is 10.3. The highest BCUT2D eigenvalue weighted by molar-refractivity contribution is 7.90. The molecule has 49 heavy (non-hydrogen) atoms. The number of sulfonamides is 2. The molecular formula is C30H37Cl3N6O8S2. The van der Waals surface area contributed by atoms with Crippen LogP contribution in [-0.4, -0.2) is 48.6 Å². The van der Waals surface area contributed by atoms with Crippen molar-refractivity contribution in [2.24, 2.45) is 11.3 Å². The van der Waals surface area contributed by atoms with E-state index in [4.69, 9.17) is 34.8 Å². The molecular weight excluding hydrogens is 743 g/mol. The number of aromatic nitrogens is 4. The Morgan fingerprint density at radius 1 is 0.796 bits per heavy atom. The molecule has 0 spiro atoms. The Hall–Kier alpha value is -4.09. The number of carbonyl (C=O) groups excluding carboxylic acids is 2. The molecule has 268 valence electrons. The van der Waals surface area contributed by atoms with Gasteiger partial charge in [0.15, 0.2) is 9.79 Å². The first kappa shape index (κ1) is 37.7. The topological polar surface area (TPSA) is 218 Å². The summed E-state index contributed by atoms with van der Waals surface area (Å²) in [6.07, 6.45) is 4.37. The molecule has 4 aromatic heterocycles. The zero-order valence-electron chi connectivity index (χ0n) is 26.0. The summed E-state index contributed by atoms with van der Waals surface area (Å²) in [5, 5.41) is 0.0420. The molecule has 19 heteroatoms. The standard InChI is InChI=1S/C19H22ClN3O4S.C11H7Cl2N3O4S.4H2/c1-11-9-13(19(2,3)10-11)16-12(6-7-15(20)22-16)17(24)23-28(26,27)14-5-4-8-21-18(14)25;12-8-4-3-6(9(13)15-8)10(17)16-21(19,20)7-2-1-5-14-11(7)18;;;;/h4-8,11,13H,9-10H2,1-3H3,(H,21,25)(H,23,24);1-5H,(H,14,18)(H,16,17);4*1H/t11-,13?;;;;;/m1...../s1. The van der Waals surface area contributed by atoms with E-state index in [0.717, 1.165) is 25.0 Å². The lowest BCUT2D eigenvalue weighted by Crippen LogP contribution is -2.35. The van der Waals surface area contributed by atoms with Gasteiger partial charge in [0.2, 0.25) is 0 Å². The second-order valence-electron chi connectivity index (χ2n) is 11.7. The first-order valence-electron chi connectivity index (χ1n) is 14.3.